The average Bonchev–Trinajstić information content (AvgIpc) is 2.33. The van der Waals surface area contributed by atoms with E-state index in [4.69, 9.17) is 10.2 Å². The average molecular weight is 250 g/mol. The second-order valence-corrected chi connectivity index (χ2v) is 3.67. The van der Waals surface area contributed by atoms with Crippen molar-refractivity contribution in [2.75, 3.05) is 18.5 Å². The number of aliphatic hydroxyl groups is 2. The Kier molecular flexibility index (Phi) is 4.30. The largest absolute Gasteiger partial charge is 0.394 e. The lowest BCUT2D eigenvalue weighted by molar-refractivity contribution is 0.132. The summed E-state index contributed by atoms with van der Waals surface area (Å²) in [6, 6.07) is 0.347. The molecule has 0 fully saturated rings. The molecule has 17 heavy (non-hydrogen) atoms. The van der Waals surface area contributed by atoms with Crippen LogP contribution in [0.4, 0.5) is 19.0 Å². The Bertz CT molecular complexity index is 389. The van der Waals surface area contributed by atoms with Crippen LogP contribution in [0.3, 0.4) is 0 Å². The Balaban J connectivity index is 3.05. The quantitative estimate of drug-likeness (QED) is 0.683. The van der Waals surface area contributed by atoms with Crippen LogP contribution in [-0.4, -0.2) is 33.9 Å². The number of halogens is 3. The molecule has 1 aromatic heterocycles. The fourth-order valence-electron chi connectivity index (χ4n) is 1.22. The lowest BCUT2D eigenvalue weighted by Crippen LogP contribution is -2.45. The Morgan fingerprint density at radius 1 is 1.24 bits per heavy atom. The normalized spacial score (nSPS) is 11.6. The summed E-state index contributed by atoms with van der Waals surface area (Å²) < 4.78 is 38.7. The third-order valence-electron chi connectivity index (χ3n) is 2.55. The van der Waals surface area contributed by atoms with Crippen molar-refractivity contribution in [1.29, 1.82) is 0 Å². The zero-order valence-corrected chi connectivity index (χ0v) is 9.17. The maximum Gasteiger partial charge on any atom is 0.251 e. The molecule has 0 radical (unpaired) electrons. The van der Waals surface area contributed by atoms with E-state index < -0.39 is 42.2 Å². The number of aliphatic hydroxyl groups excluding tert-OH is 2. The van der Waals surface area contributed by atoms with Crippen LogP contribution in [0.2, 0.25) is 0 Å². The van der Waals surface area contributed by atoms with E-state index in [0.717, 1.165) is 0 Å². The predicted molar refractivity (Wildman–Crippen MR) is 54.9 cm³/mol. The number of hydrogen-bond acceptors (Lipinski definition) is 4. The van der Waals surface area contributed by atoms with Crippen molar-refractivity contribution in [3.63, 3.8) is 0 Å². The second-order valence-electron chi connectivity index (χ2n) is 3.67. The van der Waals surface area contributed by atoms with Gasteiger partial charge < -0.3 is 15.5 Å². The molecule has 4 nitrogen and oxygen atoms in total. The van der Waals surface area contributed by atoms with Gasteiger partial charge in [-0.15, -0.1) is 0 Å². The van der Waals surface area contributed by atoms with Crippen molar-refractivity contribution in [2.45, 2.75) is 18.9 Å². The van der Waals surface area contributed by atoms with Crippen LogP contribution in [0.15, 0.2) is 6.07 Å². The van der Waals surface area contributed by atoms with E-state index in [0.29, 0.717) is 6.07 Å². The number of anilines is 1. The van der Waals surface area contributed by atoms with Crippen LogP contribution in [0.25, 0.3) is 0 Å². The van der Waals surface area contributed by atoms with Crippen molar-refractivity contribution in [1.82, 2.24) is 4.98 Å². The first-order valence-electron chi connectivity index (χ1n) is 4.99. The van der Waals surface area contributed by atoms with E-state index in [1.54, 1.807) is 6.92 Å². The third kappa shape index (κ3) is 2.86. The third-order valence-corrected chi connectivity index (χ3v) is 2.55. The molecule has 0 bridgehead atoms. The Labute approximate surface area is 96.1 Å². The van der Waals surface area contributed by atoms with Gasteiger partial charge in [0, 0.05) is 6.07 Å². The smallest absolute Gasteiger partial charge is 0.251 e. The van der Waals surface area contributed by atoms with Crippen LogP contribution < -0.4 is 5.32 Å². The number of nitrogens with zero attached hydrogens (tertiary/aromatic N) is 1. The molecule has 3 N–H and O–H groups in total. The van der Waals surface area contributed by atoms with Gasteiger partial charge in [-0.3, -0.25) is 0 Å². The minimum atomic E-state index is -1.45. The maximum absolute atomic E-state index is 13.3. The summed E-state index contributed by atoms with van der Waals surface area (Å²) in [5.74, 6) is -4.49. The minimum absolute atomic E-state index is 0.250. The van der Waals surface area contributed by atoms with Gasteiger partial charge in [0.25, 0.3) is 5.95 Å². The SMILES string of the molecule is CCC(CO)(CO)Nc1nc(F)c(F)cc1F. The topological polar surface area (TPSA) is 65.4 Å². The van der Waals surface area contributed by atoms with Crippen LogP contribution >= 0.6 is 0 Å². The molecule has 0 aromatic carbocycles. The minimum Gasteiger partial charge on any atom is -0.394 e. The predicted octanol–water partition coefficient (Wildman–Crippen LogP) is 1.04. The van der Waals surface area contributed by atoms with E-state index in [1.807, 2.05) is 0 Å². The molecule has 0 saturated carbocycles. The summed E-state index contributed by atoms with van der Waals surface area (Å²) in [6.45, 7) is 0.636. The molecule has 7 heteroatoms. The summed E-state index contributed by atoms with van der Waals surface area (Å²) in [6.07, 6.45) is 0.250. The molecule has 0 atom stereocenters. The van der Waals surface area contributed by atoms with Crippen molar-refractivity contribution in [3.05, 3.63) is 23.6 Å². The fraction of sp³-hybridized carbons (Fsp3) is 0.500. The first-order chi connectivity index (χ1) is 7.98. The van der Waals surface area contributed by atoms with E-state index in [9.17, 15) is 13.2 Å². The molecule has 0 unspecified atom stereocenters. The van der Waals surface area contributed by atoms with Gasteiger partial charge >= 0.3 is 0 Å². The summed E-state index contributed by atoms with van der Waals surface area (Å²) in [7, 11) is 0. The van der Waals surface area contributed by atoms with Crippen LogP contribution in [0.5, 0.6) is 0 Å². The highest BCUT2D eigenvalue weighted by Crippen LogP contribution is 2.20. The van der Waals surface area contributed by atoms with E-state index in [-0.39, 0.29) is 6.42 Å². The zero-order chi connectivity index (χ0) is 13.1. The lowest BCUT2D eigenvalue weighted by atomic mass is 9.98. The van der Waals surface area contributed by atoms with Crippen LogP contribution in [-0.2, 0) is 0 Å². The Morgan fingerprint density at radius 3 is 2.29 bits per heavy atom. The first-order valence-corrected chi connectivity index (χ1v) is 4.99. The van der Waals surface area contributed by atoms with E-state index in [2.05, 4.69) is 10.3 Å². The van der Waals surface area contributed by atoms with Crippen molar-refractivity contribution < 1.29 is 23.4 Å². The summed E-state index contributed by atoms with van der Waals surface area (Å²) >= 11 is 0. The van der Waals surface area contributed by atoms with Gasteiger partial charge in [0.15, 0.2) is 17.5 Å². The zero-order valence-electron chi connectivity index (χ0n) is 9.17. The van der Waals surface area contributed by atoms with Gasteiger partial charge in [0.2, 0.25) is 0 Å². The maximum atomic E-state index is 13.3. The molecule has 0 amide bonds. The van der Waals surface area contributed by atoms with Crippen molar-refractivity contribution >= 4 is 5.82 Å². The van der Waals surface area contributed by atoms with E-state index in [1.165, 1.54) is 0 Å². The Hall–Kier alpha value is -1.34. The summed E-state index contributed by atoms with van der Waals surface area (Å²) in [5.41, 5.74) is -1.22. The second kappa shape index (κ2) is 5.33. The first kappa shape index (κ1) is 13.7. The Morgan fingerprint density at radius 2 is 1.82 bits per heavy atom. The number of aromatic nitrogens is 1. The summed E-state index contributed by atoms with van der Waals surface area (Å²) in [5, 5.41) is 20.6. The molecule has 0 aliphatic carbocycles. The molecule has 0 aliphatic rings. The molecular weight excluding hydrogens is 237 g/mol. The highest BCUT2D eigenvalue weighted by atomic mass is 19.2. The highest BCUT2D eigenvalue weighted by Gasteiger charge is 2.28. The molecule has 1 rings (SSSR count). The van der Waals surface area contributed by atoms with Crippen molar-refractivity contribution in [2.24, 2.45) is 0 Å². The van der Waals surface area contributed by atoms with E-state index >= 15 is 0 Å². The molecule has 96 valence electrons. The van der Waals surface area contributed by atoms with Gasteiger partial charge in [-0.2, -0.15) is 9.37 Å². The molecule has 0 spiro atoms. The molecular formula is C10H13F3N2O2. The number of pyridine rings is 1. The lowest BCUT2D eigenvalue weighted by Gasteiger charge is -2.30. The van der Waals surface area contributed by atoms with Crippen molar-refractivity contribution in [3.8, 4) is 0 Å². The number of nitrogens with one attached hydrogen (secondary N) is 1. The van der Waals surface area contributed by atoms with Gasteiger partial charge in [-0.25, -0.2) is 8.78 Å². The number of hydrogen-bond donors (Lipinski definition) is 3. The standard InChI is InChI=1S/C10H13F3N2O2/c1-2-10(4-16,5-17)15-9-7(12)3-6(11)8(13)14-9/h3,16-17H,2,4-5H2,1H3,(H,14,15). The van der Waals surface area contributed by atoms with Gasteiger partial charge in [0.05, 0.1) is 18.8 Å². The molecule has 1 aromatic rings. The monoisotopic (exact) mass is 250 g/mol. The molecule has 0 aliphatic heterocycles. The van der Waals surface area contributed by atoms with Gasteiger partial charge in [0.1, 0.15) is 0 Å². The van der Waals surface area contributed by atoms with Crippen LogP contribution in [0.1, 0.15) is 13.3 Å². The summed E-state index contributed by atoms with van der Waals surface area (Å²) in [4.78, 5) is 3.05. The van der Waals surface area contributed by atoms with Gasteiger partial charge in [-0.05, 0) is 6.42 Å². The van der Waals surface area contributed by atoms with Crippen LogP contribution in [0, 0.1) is 17.6 Å². The van der Waals surface area contributed by atoms with Gasteiger partial charge in [-0.1, -0.05) is 6.92 Å². The highest BCUT2D eigenvalue weighted by molar-refractivity contribution is 5.39. The fourth-order valence-corrected chi connectivity index (χ4v) is 1.22. The number of rotatable bonds is 5. The molecule has 0 saturated heterocycles. The molecule has 1 heterocycles.